The molecule has 1 aromatic heterocycles. The van der Waals surface area contributed by atoms with Crippen LogP contribution in [0.2, 0.25) is 0 Å². The third kappa shape index (κ3) is 4.37. The van der Waals surface area contributed by atoms with Gasteiger partial charge < -0.3 is 10.1 Å². The number of aryl methyl sites for hydroxylation is 1. The Labute approximate surface area is 119 Å². The average Bonchev–Trinajstić information content (AvgIpc) is 2.97. The van der Waals surface area contributed by atoms with Gasteiger partial charge in [0.25, 0.3) is 0 Å². The summed E-state index contributed by atoms with van der Waals surface area (Å²) in [4.78, 5) is 1.47. The summed E-state index contributed by atoms with van der Waals surface area (Å²) >= 11 is 1.84. The molecule has 102 valence electrons. The van der Waals surface area contributed by atoms with Crippen LogP contribution in [0.5, 0.6) is 5.75 Å². The zero-order valence-corrected chi connectivity index (χ0v) is 12.4. The largest absolute Gasteiger partial charge is 0.497 e. The summed E-state index contributed by atoms with van der Waals surface area (Å²) in [6.07, 6.45) is 3.38. The Kier molecular flexibility index (Phi) is 5.43. The van der Waals surface area contributed by atoms with E-state index in [1.165, 1.54) is 16.9 Å². The molecule has 0 fully saturated rings. The van der Waals surface area contributed by atoms with Crippen molar-refractivity contribution in [2.24, 2.45) is 0 Å². The minimum absolute atomic E-state index is 0.524. The lowest BCUT2D eigenvalue weighted by Crippen LogP contribution is -2.28. The molecule has 2 nitrogen and oxygen atoms in total. The Morgan fingerprint density at radius 3 is 2.58 bits per heavy atom. The van der Waals surface area contributed by atoms with Gasteiger partial charge in [0.15, 0.2) is 0 Å². The first kappa shape index (κ1) is 14.1. The van der Waals surface area contributed by atoms with Crippen molar-refractivity contribution in [1.29, 1.82) is 0 Å². The zero-order valence-electron chi connectivity index (χ0n) is 11.6. The number of hydrogen-bond acceptors (Lipinski definition) is 3. The van der Waals surface area contributed by atoms with Gasteiger partial charge in [0.2, 0.25) is 0 Å². The number of nitrogens with one attached hydrogen (secondary N) is 1. The molecule has 0 saturated heterocycles. The summed E-state index contributed by atoms with van der Waals surface area (Å²) in [5.41, 5.74) is 1.35. The first-order valence-corrected chi connectivity index (χ1v) is 7.52. The molecule has 3 heteroatoms. The molecule has 2 aromatic rings. The smallest absolute Gasteiger partial charge is 0.118 e. The predicted molar refractivity (Wildman–Crippen MR) is 82.2 cm³/mol. The molecule has 1 unspecified atom stereocenters. The molecule has 1 aromatic carbocycles. The van der Waals surface area contributed by atoms with Crippen LogP contribution in [0.4, 0.5) is 0 Å². The summed E-state index contributed by atoms with van der Waals surface area (Å²) in [6.45, 7) is 0. The van der Waals surface area contributed by atoms with Crippen LogP contribution in [-0.4, -0.2) is 20.2 Å². The van der Waals surface area contributed by atoms with E-state index in [2.05, 4.69) is 35.0 Å². The Morgan fingerprint density at radius 2 is 2.00 bits per heavy atom. The van der Waals surface area contributed by atoms with Crippen molar-refractivity contribution < 1.29 is 4.74 Å². The Bertz CT molecular complexity index is 464. The van der Waals surface area contributed by atoms with Crippen LogP contribution in [0.3, 0.4) is 0 Å². The molecule has 0 bridgehead atoms. The van der Waals surface area contributed by atoms with Gasteiger partial charge in [0.05, 0.1) is 7.11 Å². The van der Waals surface area contributed by atoms with Crippen molar-refractivity contribution in [3.8, 4) is 5.75 Å². The van der Waals surface area contributed by atoms with Gasteiger partial charge in [-0.05, 0) is 55.5 Å². The van der Waals surface area contributed by atoms with E-state index < -0.39 is 0 Å². The van der Waals surface area contributed by atoms with Crippen LogP contribution >= 0.6 is 11.3 Å². The minimum Gasteiger partial charge on any atom is -0.497 e. The third-order valence-electron chi connectivity index (χ3n) is 3.37. The van der Waals surface area contributed by atoms with E-state index in [9.17, 15) is 0 Å². The monoisotopic (exact) mass is 275 g/mol. The summed E-state index contributed by atoms with van der Waals surface area (Å²) in [5, 5.41) is 5.56. The van der Waals surface area contributed by atoms with Crippen LogP contribution in [0, 0.1) is 0 Å². The lowest BCUT2D eigenvalue weighted by Gasteiger charge is -2.16. The maximum absolute atomic E-state index is 5.18. The van der Waals surface area contributed by atoms with Gasteiger partial charge in [0.1, 0.15) is 5.75 Å². The fourth-order valence-corrected chi connectivity index (χ4v) is 2.89. The normalized spacial score (nSPS) is 12.3. The number of methoxy groups -OCH3 is 1. The Morgan fingerprint density at radius 1 is 1.21 bits per heavy atom. The van der Waals surface area contributed by atoms with E-state index in [0.29, 0.717) is 6.04 Å². The van der Waals surface area contributed by atoms with E-state index in [1.807, 2.05) is 30.5 Å². The molecule has 1 atom stereocenters. The molecular formula is C16H21NOS. The lowest BCUT2D eigenvalue weighted by molar-refractivity contribution is 0.414. The fraction of sp³-hybridized carbons (Fsp3) is 0.375. The van der Waals surface area contributed by atoms with E-state index in [1.54, 1.807) is 7.11 Å². The molecule has 0 aliphatic carbocycles. The molecule has 2 rings (SSSR count). The van der Waals surface area contributed by atoms with Gasteiger partial charge in [-0.15, -0.1) is 11.3 Å². The van der Waals surface area contributed by atoms with E-state index in [-0.39, 0.29) is 0 Å². The van der Waals surface area contributed by atoms with Crippen molar-refractivity contribution in [2.75, 3.05) is 14.2 Å². The summed E-state index contributed by atoms with van der Waals surface area (Å²) in [7, 11) is 3.75. The van der Waals surface area contributed by atoms with Crippen molar-refractivity contribution in [1.82, 2.24) is 5.32 Å². The van der Waals surface area contributed by atoms with Crippen LogP contribution < -0.4 is 10.1 Å². The zero-order chi connectivity index (χ0) is 13.5. The van der Waals surface area contributed by atoms with Crippen LogP contribution in [0.1, 0.15) is 16.9 Å². The number of ether oxygens (including phenoxy) is 1. The van der Waals surface area contributed by atoms with Gasteiger partial charge in [-0.1, -0.05) is 18.2 Å². The SMILES string of the molecule is CNC(CCc1cccs1)Cc1ccc(OC)cc1. The summed E-state index contributed by atoms with van der Waals surface area (Å²) in [6, 6.07) is 13.2. The van der Waals surface area contributed by atoms with Crippen LogP contribution in [-0.2, 0) is 12.8 Å². The highest BCUT2D eigenvalue weighted by Crippen LogP contribution is 2.16. The van der Waals surface area contributed by atoms with Crippen molar-refractivity contribution >= 4 is 11.3 Å². The highest BCUT2D eigenvalue weighted by molar-refractivity contribution is 7.09. The molecule has 0 aliphatic heterocycles. The van der Waals surface area contributed by atoms with Gasteiger partial charge in [0, 0.05) is 10.9 Å². The topological polar surface area (TPSA) is 21.3 Å². The number of hydrogen-bond donors (Lipinski definition) is 1. The molecule has 0 spiro atoms. The summed E-state index contributed by atoms with van der Waals surface area (Å²) < 4.78 is 5.18. The van der Waals surface area contributed by atoms with Crippen molar-refractivity contribution in [3.05, 3.63) is 52.2 Å². The Balaban J connectivity index is 1.87. The molecule has 0 amide bonds. The molecular weight excluding hydrogens is 254 g/mol. The number of benzene rings is 1. The fourth-order valence-electron chi connectivity index (χ4n) is 2.17. The van der Waals surface area contributed by atoms with Gasteiger partial charge in [-0.25, -0.2) is 0 Å². The standard InChI is InChI=1S/C16H21NOS/c1-17-14(7-10-16-4-3-11-19-16)12-13-5-8-15(18-2)9-6-13/h3-6,8-9,11,14,17H,7,10,12H2,1-2H3. The van der Waals surface area contributed by atoms with Crippen molar-refractivity contribution in [2.45, 2.75) is 25.3 Å². The average molecular weight is 275 g/mol. The molecule has 0 radical (unpaired) electrons. The minimum atomic E-state index is 0.524. The lowest BCUT2D eigenvalue weighted by atomic mass is 10.0. The van der Waals surface area contributed by atoms with Crippen molar-refractivity contribution in [3.63, 3.8) is 0 Å². The van der Waals surface area contributed by atoms with E-state index in [4.69, 9.17) is 4.74 Å². The second-order valence-corrected chi connectivity index (χ2v) is 5.69. The number of rotatable bonds is 7. The Hall–Kier alpha value is -1.32. The molecule has 1 heterocycles. The van der Waals surface area contributed by atoms with Gasteiger partial charge >= 0.3 is 0 Å². The van der Waals surface area contributed by atoms with Gasteiger partial charge in [-0.3, -0.25) is 0 Å². The first-order valence-electron chi connectivity index (χ1n) is 6.64. The molecule has 1 N–H and O–H groups in total. The predicted octanol–water partition coefficient (Wildman–Crippen LogP) is 3.52. The molecule has 0 aliphatic rings. The molecule has 19 heavy (non-hydrogen) atoms. The highest BCUT2D eigenvalue weighted by atomic mass is 32.1. The van der Waals surface area contributed by atoms with Crippen LogP contribution in [0.15, 0.2) is 41.8 Å². The third-order valence-corrected chi connectivity index (χ3v) is 4.30. The van der Waals surface area contributed by atoms with Crippen LogP contribution in [0.25, 0.3) is 0 Å². The van der Waals surface area contributed by atoms with E-state index in [0.717, 1.165) is 18.6 Å². The number of likely N-dealkylation sites (N-methyl/N-ethyl adjacent to an activating group) is 1. The highest BCUT2D eigenvalue weighted by Gasteiger charge is 2.08. The second-order valence-electron chi connectivity index (χ2n) is 4.66. The maximum Gasteiger partial charge on any atom is 0.118 e. The van der Waals surface area contributed by atoms with E-state index >= 15 is 0 Å². The maximum atomic E-state index is 5.18. The number of thiophene rings is 1. The second kappa shape index (κ2) is 7.31. The quantitative estimate of drug-likeness (QED) is 0.835. The van der Waals surface area contributed by atoms with Gasteiger partial charge in [-0.2, -0.15) is 0 Å². The summed E-state index contributed by atoms with van der Waals surface area (Å²) in [5.74, 6) is 0.920. The molecule has 0 saturated carbocycles. The first-order chi connectivity index (χ1) is 9.31.